The van der Waals surface area contributed by atoms with E-state index in [1.807, 2.05) is 37.3 Å². The highest BCUT2D eigenvalue weighted by molar-refractivity contribution is 6.30. The molecule has 222 valence electrons. The van der Waals surface area contributed by atoms with E-state index in [-0.39, 0.29) is 44.0 Å². The number of ether oxygens (including phenoxy) is 1. The predicted octanol–water partition coefficient (Wildman–Crippen LogP) is 4.62. The summed E-state index contributed by atoms with van der Waals surface area (Å²) in [5, 5.41) is 10.2. The summed E-state index contributed by atoms with van der Waals surface area (Å²) in [7, 11) is 0. The van der Waals surface area contributed by atoms with Crippen LogP contribution in [-0.4, -0.2) is 71.2 Å². The molecule has 5 atom stereocenters. The number of para-hydroxylation sites is 1. The molecule has 3 heterocycles. The second kappa shape index (κ2) is 12.0. The van der Waals surface area contributed by atoms with Crippen molar-refractivity contribution in [1.82, 2.24) is 4.90 Å². The van der Waals surface area contributed by atoms with Gasteiger partial charge in [0, 0.05) is 42.6 Å². The van der Waals surface area contributed by atoms with Gasteiger partial charge in [0.2, 0.25) is 11.8 Å². The fourth-order valence-corrected chi connectivity index (χ4v) is 7.43. The summed E-state index contributed by atoms with van der Waals surface area (Å²) < 4.78 is 6.92. The number of rotatable bonds is 12. The zero-order chi connectivity index (χ0) is 30.1. The highest BCUT2D eigenvalue weighted by Gasteiger charge is 2.79. The molecule has 5 rings (SSSR count). The van der Waals surface area contributed by atoms with Gasteiger partial charge in [-0.05, 0) is 62.1 Å². The minimum absolute atomic E-state index is 0.140. The fraction of sp³-hybridized carbons (Fsp3) is 0.424. The van der Waals surface area contributed by atoms with Crippen LogP contribution in [0.4, 0.5) is 11.4 Å². The first-order chi connectivity index (χ1) is 20.3. The van der Waals surface area contributed by atoms with Crippen LogP contribution in [0.15, 0.2) is 79.9 Å². The zero-order valence-corrected chi connectivity index (χ0v) is 24.7. The summed E-state index contributed by atoms with van der Waals surface area (Å²) >= 11 is 6.13. The summed E-state index contributed by atoms with van der Waals surface area (Å²) in [5.41, 5.74) is -0.732. The molecule has 0 aromatic heterocycles. The molecule has 0 radical (unpaired) electrons. The number of anilines is 2. The van der Waals surface area contributed by atoms with Gasteiger partial charge in [-0.25, -0.2) is 0 Å². The van der Waals surface area contributed by atoms with Crippen LogP contribution >= 0.6 is 11.6 Å². The minimum atomic E-state index is -1.18. The highest BCUT2D eigenvalue weighted by atomic mass is 35.5. The molecule has 3 amide bonds. The maximum atomic E-state index is 14.6. The smallest absolute Gasteiger partial charge is 0.253 e. The van der Waals surface area contributed by atoms with Crippen LogP contribution in [0.5, 0.6) is 0 Å². The average Bonchev–Trinajstić information content (AvgIpc) is 3.61. The van der Waals surface area contributed by atoms with Crippen LogP contribution in [0.3, 0.4) is 0 Å². The third-order valence-electron chi connectivity index (χ3n) is 9.10. The summed E-state index contributed by atoms with van der Waals surface area (Å²) in [6.07, 6.45) is 5.16. The van der Waals surface area contributed by atoms with Crippen molar-refractivity contribution in [3.63, 3.8) is 0 Å². The number of amides is 3. The Balaban J connectivity index is 1.60. The second-order valence-electron chi connectivity index (χ2n) is 11.2. The third-order valence-corrected chi connectivity index (χ3v) is 9.35. The Labute approximate surface area is 252 Å². The Bertz CT molecular complexity index is 1350. The first kappa shape index (κ1) is 30.0. The number of hydrogen-bond donors (Lipinski definition) is 1. The lowest BCUT2D eigenvalue weighted by molar-refractivity contribution is -0.146. The van der Waals surface area contributed by atoms with E-state index in [0.29, 0.717) is 42.1 Å². The topological polar surface area (TPSA) is 90.4 Å². The largest absolute Gasteiger partial charge is 0.396 e. The van der Waals surface area contributed by atoms with Crippen molar-refractivity contribution in [2.24, 2.45) is 11.8 Å². The van der Waals surface area contributed by atoms with E-state index in [1.54, 1.807) is 51.1 Å². The summed E-state index contributed by atoms with van der Waals surface area (Å²) in [4.78, 5) is 48.3. The molecule has 1 spiro atoms. The highest BCUT2D eigenvalue weighted by Crippen LogP contribution is 2.64. The molecular formula is C33H38ClN3O5. The van der Waals surface area contributed by atoms with Crippen molar-refractivity contribution < 1.29 is 24.2 Å². The summed E-state index contributed by atoms with van der Waals surface area (Å²) in [5.74, 6) is -2.41. The van der Waals surface area contributed by atoms with E-state index < -0.39 is 29.1 Å². The lowest BCUT2D eigenvalue weighted by atomic mass is 9.64. The maximum Gasteiger partial charge on any atom is 0.253 e. The average molecular weight is 592 g/mol. The van der Waals surface area contributed by atoms with Gasteiger partial charge in [0.1, 0.15) is 11.6 Å². The van der Waals surface area contributed by atoms with Gasteiger partial charge in [-0.2, -0.15) is 0 Å². The molecule has 3 saturated heterocycles. The van der Waals surface area contributed by atoms with Gasteiger partial charge in [0.25, 0.3) is 5.91 Å². The van der Waals surface area contributed by atoms with Crippen molar-refractivity contribution in [3.8, 4) is 0 Å². The van der Waals surface area contributed by atoms with Crippen LogP contribution in [0.1, 0.15) is 32.6 Å². The first-order valence-corrected chi connectivity index (χ1v) is 14.9. The normalized spacial score (nSPS) is 27.5. The van der Waals surface area contributed by atoms with Gasteiger partial charge in [0.15, 0.2) is 0 Å². The number of halogens is 1. The number of benzene rings is 2. The molecule has 2 aromatic carbocycles. The Morgan fingerprint density at radius 1 is 1.02 bits per heavy atom. The van der Waals surface area contributed by atoms with E-state index in [2.05, 4.69) is 13.2 Å². The van der Waals surface area contributed by atoms with Gasteiger partial charge in [-0.3, -0.25) is 14.4 Å². The minimum Gasteiger partial charge on any atom is -0.396 e. The van der Waals surface area contributed by atoms with Crippen LogP contribution in [0.2, 0.25) is 5.02 Å². The number of aliphatic hydroxyl groups is 1. The molecule has 9 heteroatoms. The standard InChI is InChI=1S/C33H38ClN3O5/c1-4-19-35(24-11-8-7-9-12-24)29(39)26-27-30(40)37(21-10-22-38)28(33(27)18-17-32(26,6-3)42-33)31(41)36(20-5-2)25-15-13-23(34)14-16-25/h4-5,7-9,11-16,26-28,38H,1-2,6,10,17-22H2,3H3/t26-,27-,28?,32+,33?/m0/s1. The van der Waals surface area contributed by atoms with Crippen LogP contribution in [0, 0.1) is 11.8 Å². The number of likely N-dealkylation sites (tertiary alicyclic amines) is 1. The Morgan fingerprint density at radius 3 is 2.24 bits per heavy atom. The van der Waals surface area contributed by atoms with Gasteiger partial charge in [-0.15, -0.1) is 13.2 Å². The fourth-order valence-electron chi connectivity index (χ4n) is 7.30. The maximum absolute atomic E-state index is 14.6. The molecule has 2 bridgehead atoms. The van der Waals surface area contributed by atoms with Gasteiger partial charge in [-0.1, -0.05) is 48.9 Å². The molecule has 42 heavy (non-hydrogen) atoms. The molecule has 3 aliphatic heterocycles. The van der Waals surface area contributed by atoms with Crippen molar-refractivity contribution in [2.45, 2.75) is 49.9 Å². The Morgan fingerprint density at radius 2 is 1.64 bits per heavy atom. The van der Waals surface area contributed by atoms with E-state index in [1.165, 1.54) is 0 Å². The molecule has 0 saturated carbocycles. The van der Waals surface area contributed by atoms with Gasteiger partial charge >= 0.3 is 0 Å². The quantitative estimate of drug-likeness (QED) is 0.364. The van der Waals surface area contributed by atoms with Crippen LogP contribution < -0.4 is 9.80 Å². The number of nitrogens with zero attached hydrogens (tertiary/aromatic N) is 3. The van der Waals surface area contributed by atoms with Gasteiger partial charge < -0.3 is 24.5 Å². The lowest BCUT2D eigenvalue weighted by Gasteiger charge is -2.37. The molecular weight excluding hydrogens is 554 g/mol. The number of carbonyl (C=O) groups excluding carboxylic acids is 3. The van der Waals surface area contributed by atoms with Crippen molar-refractivity contribution in [2.75, 3.05) is 36.0 Å². The van der Waals surface area contributed by atoms with Crippen molar-refractivity contribution in [3.05, 3.63) is 84.9 Å². The Hall–Kier alpha value is -3.46. The number of hydrogen-bond acceptors (Lipinski definition) is 5. The third kappa shape index (κ3) is 4.75. The molecule has 1 N–H and O–H groups in total. The molecule has 8 nitrogen and oxygen atoms in total. The van der Waals surface area contributed by atoms with Crippen molar-refractivity contribution in [1.29, 1.82) is 0 Å². The lowest BCUT2D eigenvalue weighted by Crippen LogP contribution is -2.56. The zero-order valence-electron chi connectivity index (χ0n) is 24.0. The van der Waals surface area contributed by atoms with E-state index >= 15 is 0 Å². The molecule has 2 aromatic rings. The molecule has 3 fully saturated rings. The summed E-state index contributed by atoms with van der Waals surface area (Å²) in [6.45, 7) is 10.2. The molecule has 0 aliphatic carbocycles. The van der Waals surface area contributed by atoms with Crippen molar-refractivity contribution >= 4 is 40.7 Å². The van der Waals surface area contributed by atoms with E-state index in [9.17, 15) is 19.5 Å². The Kier molecular flexibility index (Phi) is 8.60. The van der Waals surface area contributed by atoms with E-state index in [4.69, 9.17) is 16.3 Å². The van der Waals surface area contributed by atoms with E-state index in [0.717, 1.165) is 0 Å². The number of fused-ring (bicyclic) bond motifs is 1. The monoisotopic (exact) mass is 591 g/mol. The summed E-state index contributed by atoms with van der Waals surface area (Å²) in [6, 6.07) is 15.3. The van der Waals surface area contributed by atoms with Crippen LogP contribution in [0.25, 0.3) is 0 Å². The first-order valence-electron chi connectivity index (χ1n) is 14.5. The van der Waals surface area contributed by atoms with Crippen LogP contribution in [-0.2, 0) is 19.1 Å². The molecule has 2 unspecified atom stereocenters. The van der Waals surface area contributed by atoms with Gasteiger partial charge in [0.05, 0.1) is 17.4 Å². The predicted molar refractivity (Wildman–Crippen MR) is 163 cm³/mol. The molecule has 3 aliphatic rings. The second-order valence-corrected chi connectivity index (χ2v) is 11.7. The number of carbonyl (C=O) groups is 3. The SMILES string of the molecule is C=CCN(C(=O)C1N(CCCO)C(=O)[C@@H]2[C@@H](C(=O)N(CC=C)c3ccccc3)[C@@]3(CC)CCC12O3)c1ccc(Cl)cc1. The number of aliphatic hydroxyl groups excluding tert-OH is 1.